The molecule has 0 unspecified atom stereocenters. The van der Waals surface area contributed by atoms with Crippen molar-refractivity contribution in [1.82, 2.24) is 10.6 Å². The number of guanidine groups is 1. The lowest BCUT2D eigenvalue weighted by atomic mass is 9.75. The van der Waals surface area contributed by atoms with Crippen LogP contribution in [0.25, 0.3) is 0 Å². The number of hydrogen-bond acceptors (Lipinski definition) is 3. The Morgan fingerprint density at radius 1 is 1.23 bits per heavy atom. The molecule has 1 fully saturated rings. The van der Waals surface area contributed by atoms with Crippen LogP contribution in [0.1, 0.15) is 36.3 Å². The van der Waals surface area contributed by atoms with E-state index in [2.05, 4.69) is 15.6 Å². The van der Waals surface area contributed by atoms with Crippen molar-refractivity contribution >= 4 is 29.9 Å². The Morgan fingerprint density at radius 3 is 2.64 bits per heavy atom. The molecule has 0 aromatic heterocycles. The zero-order valence-corrected chi connectivity index (χ0v) is 14.3. The smallest absolute Gasteiger partial charge is 0.356 e. The molecule has 1 aromatic rings. The Morgan fingerprint density at radius 2 is 2.00 bits per heavy atom. The van der Waals surface area contributed by atoms with E-state index in [-0.39, 0.29) is 29.9 Å². The van der Waals surface area contributed by atoms with Crippen LogP contribution in [0.2, 0.25) is 0 Å². The van der Waals surface area contributed by atoms with Gasteiger partial charge in [-0.3, -0.25) is 4.99 Å². The standard InChI is InChI=1S/C15H18F3N3.HI/c16-15(17,18)12-4-1-3-10(7-12)11-8-13(9-11)21-14-19-5-2-6-20-14;/h1,3-4,7,11,13H,2,5-6,8-9H2,(H2,19,20,21);1H. The third-order valence-corrected chi connectivity index (χ3v) is 4.06. The Labute approximate surface area is 144 Å². The van der Waals surface area contributed by atoms with Crippen molar-refractivity contribution in [2.75, 3.05) is 13.1 Å². The molecule has 1 saturated carbocycles. The van der Waals surface area contributed by atoms with E-state index in [4.69, 9.17) is 0 Å². The maximum Gasteiger partial charge on any atom is 0.416 e. The van der Waals surface area contributed by atoms with Crippen molar-refractivity contribution in [3.05, 3.63) is 35.4 Å². The molecule has 122 valence electrons. The van der Waals surface area contributed by atoms with Crippen LogP contribution in [0.15, 0.2) is 29.3 Å². The van der Waals surface area contributed by atoms with Crippen LogP contribution in [0.5, 0.6) is 0 Å². The summed E-state index contributed by atoms with van der Waals surface area (Å²) < 4.78 is 38.1. The van der Waals surface area contributed by atoms with E-state index in [1.165, 1.54) is 12.1 Å². The Hall–Kier alpha value is -0.990. The van der Waals surface area contributed by atoms with Gasteiger partial charge in [-0.2, -0.15) is 13.2 Å². The van der Waals surface area contributed by atoms with E-state index < -0.39 is 11.7 Å². The number of nitrogens with zero attached hydrogens (tertiary/aromatic N) is 1. The molecule has 2 aliphatic rings. The molecule has 1 aliphatic carbocycles. The second kappa shape index (κ2) is 7.06. The van der Waals surface area contributed by atoms with Crippen molar-refractivity contribution in [2.45, 2.75) is 37.4 Å². The molecule has 0 spiro atoms. The first-order valence-corrected chi connectivity index (χ1v) is 7.24. The zero-order chi connectivity index (χ0) is 14.9. The Balaban J connectivity index is 0.00000176. The molecule has 3 rings (SSSR count). The lowest BCUT2D eigenvalue weighted by molar-refractivity contribution is -0.137. The first-order chi connectivity index (χ1) is 10.0. The van der Waals surface area contributed by atoms with Crippen molar-refractivity contribution < 1.29 is 13.2 Å². The van der Waals surface area contributed by atoms with Gasteiger partial charge in [-0.1, -0.05) is 18.2 Å². The molecule has 2 N–H and O–H groups in total. The quantitative estimate of drug-likeness (QED) is 0.712. The summed E-state index contributed by atoms with van der Waals surface area (Å²) in [7, 11) is 0. The molecule has 0 saturated heterocycles. The van der Waals surface area contributed by atoms with Crippen LogP contribution < -0.4 is 10.6 Å². The Kier molecular flexibility index (Phi) is 5.57. The van der Waals surface area contributed by atoms with E-state index in [0.29, 0.717) is 6.04 Å². The fourth-order valence-electron chi connectivity index (χ4n) is 2.80. The molecule has 0 amide bonds. The van der Waals surface area contributed by atoms with Crippen LogP contribution in [0, 0.1) is 0 Å². The summed E-state index contributed by atoms with van der Waals surface area (Å²) in [6.45, 7) is 1.76. The highest BCUT2D eigenvalue weighted by atomic mass is 127. The average Bonchev–Trinajstić information content (AvgIpc) is 2.43. The highest BCUT2D eigenvalue weighted by Gasteiger charge is 2.34. The second-order valence-corrected chi connectivity index (χ2v) is 5.64. The number of rotatable bonds is 2. The van der Waals surface area contributed by atoms with Gasteiger partial charge in [0, 0.05) is 19.1 Å². The molecule has 7 heteroatoms. The second-order valence-electron chi connectivity index (χ2n) is 5.64. The summed E-state index contributed by atoms with van der Waals surface area (Å²) in [4.78, 5) is 4.34. The number of alkyl halides is 3. The maximum absolute atomic E-state index is 12.7. The normalized spacial score (nSPS) is 24.4. The number of aliphatic imine (C=N–C) groups is 1. The van der Waals surface area contributed by atoms with Gasteiger partial charge in [0.05, 0.1) is 5.56 Å². The monoisotopic (exact) mass is 425 g/mol. The van der Waals surface area contributed by atoms with Crippen LogP contribution in [0.3, 0.4) is 0 Å². The molecular formula is C15H19F3IN3. The van der Waals surface area contributed by atoms with Gasteiger partial charge in [-0.25, -0.2) is 0 Å². The van der Waals surface area contributed by atoms with Crippen LogP contribution in [-0.4, -0.2) is 25.1 Å². The number of halogens is 4. The molecule has 0 bridgehead atoms. The van der Waals surface area contributed by atoms with Crippen LogP contribution in [0.4, 0.5) is 13.2 Å². The minimum absolute atomic E-state index is 0. The van der Waals surface area contributed by atoms with E-state index in [9.17, 15) is 13.2 Å². The molecule has 0 atom stereocenters. The highest BCUT2D eigenvalue weighted by Crippen LogP contribution is 2.39. The van der Waals surface area contributed by atoms with Crippen molar-refractivity contribution in [1.29, 1.82) is 0 Å². The minimum atomic E-state index is -4.27. The predicted octanol–water partition coefficient (Wildman–Crippen LogP) is 3.51. The Bertz CT molecular complexity index is 539. The lowest BCUT2D eigenvalue weighted by Crippen LogP contribution is -2.50. The summed E-state index contributed by atoms with van der Waals surface area (Å²) in [5.41, 5.74) is 0.219. The van der Waals surface area contributed by atoms with Gasteiger partial charge < -0.3 is 10.6 Å². The van der Waals surface area contributed by atoms with Gasteiger partial charge in [-0.15, -0.1) is 24.0 Å². The minimum Gasteiger partial charge on any atom is -0.356 e. The van der Waals surface area contributed by atoms with Gasteiger partial charge in [0.15, 0.2) is 5.96 Å². The first-order valence-electron chi connectivity index (χ1n) is 7.24. The molecule has 1 heterocycles. The largest absolute Gasteiger partial charge is 0.416 e. The molecule has 1 aliphatic heterocycles. The van der Waals surface area contributed by atoms with Crippen LogP contribution in [-0.2, 0) is 6.18 Å². The summed E-state index contributed by atoms with van der Waals surface area (Å²) in [6, 6.07) is 5.97. The highest BCUT2D eigenvalue weighted by molar-refractivity contribution is 14.0. The maximum atomic E-state index is 12.7. The number of benzene rings is 1. The van der Waals surface area contributed by atoms with E-state index >= 15 is 0 Å². The number of nitrogens with one attached hydrogen (secondary N) is 2. The molecule has 3 nitrogen and oxygen atoms in total. The fourth-order valence-corrected chi connectivity index (χ4v) is 2.80. The third kappa shape index (κ3) is 4.05. The van der Waals surface area contributed by atoms with E-state index in [1.807, 2.05) is 0 Å². The van der Waals surface area contributed by atoms with Gasteiger partial charge in [0.2, 0.25) is 0 Å². The van der Waals surface area contributed by atoms with Crippen molar-refractivity contribution in [3.63, 3.8) is 0 Å². The van der Waals surface area contributed by atoms with Gasteiger partial charge in [0.25, 0.3) is 0 Å². The molecule has 1 aromatic carbocycles. The topological polar surface area (TPSA) is 36.4 Å². The van der Waals surface area contributed by atoms with Crippen molar-refractivity contribution in [3.8, 4) is 0 Å². The third-order valence-electron chi connectivity index (χ3n) is 4.06. The van der Waals surface area contributed by atoms with Crippen LogP contribution >= 0.6 is 24.0 Å². The molecule has 22 heavy (non-hydrogen) atoms. The summed E-state index contributed by atoms with van der Waals surface area (Å²) >= 11 is 0. The van der Waals surface area contributed by atoms with E-state index in [1.54, 1.807) is 6.07 Å². The average molecular weight is 425 g/mol. The molecule has 0 radical (unpaired) electrons. The van der Waals surface area contributed by atoms with Gasteiger partial charge >= 0.3 is 6.18 Å². The van der Waals surface area contributed by atoms with Gasteiger partial charge in [0.1, 0.15) is 0 Å². The lowest BCUT2D eigenvalue weighted by Gasteiger charge is -2.37. The summed E-state index contributed by atoms with van der Waals surface area (Å²) in [6.07, 6.45) is -1.52. The molecular weight excluding hydrogens is 406 g/mol. The van der Waals surface area contributed by atoms with E-state index in [0.717, 1.165) is 49.9 Å². The van der Waals surface area contributed by atoms with Crippen molar-refractivity contribution in [2.24, 2.45) is 4.99 Å². The van der Waals surface area contributed by atoms with Gasteiger partial charge in [-0.05, 0) is 36.8 Å². The fraction of sp³-hybridized carbons (Fsp3) is 0.533. The predicted molar refractivity (Wildman–Crippen MR) is 90.7 cm³/mol. The first kappa shape index (κ1) is 17.4. The zero-order valence-electron chi connectivity index (χ0n) is 12.0. The summed E-state index contributed by atoms with van der Waals surface area (Å²) in [5, 5.41) is 6.51. The summed E-state index contributed by atoms with van der Waals surface area (Å²) in [5.74, 6) is 1.03. The number of hydrogen-bond donors (Lipinski definition) is 2. The SMILES string of the molecule is FC(F)(F)c1cccc(C2CC(NC3=NCCCN3)C2)c1.I.